The number of carbonyl (C=O) groups excluding carboxylic acids is 2. The topological polar surface area (TPSA) is 205 Å². The highest BCUT2D eigenvalue weighted by molar-refractivity contribution is 7.09. The van der Waals surface area contributed by atoms with E-state index in [9.17, 15) is 30.0 Å². The molecule has 1 aliphatic carbocycles. The van der Waals surface area contributed by atoms with E-state index in [-0.39, 0.29) is 48.7 Å². The van der Waals surface area contributed by atoms with Gasteiger partial charge in [0.2, 0.25) is 11.8 Å². The first-order valence-corrected chi connectivity index (χ1v) is 11.6. The fraction of sp³-hybridized carbons (Fsp3) is 0.700. The largest absolute Gasteiger partial charge is 0.391 e. The molecular formula is C20H32N6O6S. The van der Waals surface area contributed by atoms with Crippen LogP contribution in [0.15, 0.2) is 5.38 Å². The molecule has 0 aromatic carbocycles. The van der Waals surface area contributed by atoms with Crippen LogP contribution in [0.2, 0.25) is 0 Å². The zero-order valence-electron chi connectivity index (χ0n) is 18.6. The van der Waals surface area contributed by atoms with E-state index in [0.29, 0.717) is 17.1 Å². The quantitative estimate of drug-likeness (QED) is 0.123. The molecule has 2 aliphatic rings. The van der Waals surface area contributed by atoms with E-state index in [4.69, 9.17) is 11.1 Å². The molecule has 0 spiro atoms. The molecule has 184 valence electrons. The highest BCUT2D eigenvalue weighted by atomic mass is 32.1. The van der Waals surface area contributed by atoms with Crippen LogP contribution in [-0.2, 0) is 16.1 Å². The minimum atomic E-state index is -1.57. The van der Waals surface area contributed by atoms with Crippen LogP contribution in [-0.4, -0.2) is 97.5 Å². The average Bonchev–Trinajstić information content (AvgIpc) is 3.10. The Hall–Kier alpha value is -2.16. The summed E-state index contributed by atoms with van der Waals surface area (Å²) in [5.74, 6) is -0.728. The van der Waals surface area contributed by atoms with Gasteiger partial charge < -0.3 is 41.7 Å². The molecule has 2 fully saturated rings. The number of aromatic nitrogens is 1. The third-order valence-corrected chi connectivity index (χ3v) is 7.18. The lowest BCUT2D eigenvalue weighted by Gasteiger charge is -2.28. The number of piperidine rings is 1. The van der Waals surface area contributed by atoms with Gasteiger partial charge in [-0.25, -0.2) is 4.98 Å². The molecule has 2 amide bonds. The van der Waals surface area contributed by atoms with Gasteiger partial charge in [-0.2, -0.15) is 0 Å². The molecule has 0 bridgehead atoms. The van der Waals surface area contributed by atoms with Crippen LogP contribution in [0.1, 0.15) is 37.4 Å². The van der Waals surface area contributed by atoms with Gasteiger partial charge in [0.05, 0.1) is 25.3 Å². The number of nitrogens with one attached hydrogen (secondary N) is 3. The SMILES string of the molecule is C[C@H](O)[C@H](O)[C@@H](O)[C@@H](O)CNCC(=O)N1[C@H]2C[C@@]2(C)C[C@H]1C(=O)NCc1nc(C(=N)N)cs1. The molecule has 1 aromatic rings. The number of nitrogens with two attached hydrogens (primary N) is 1. The molecule has 12 nitrogen and oxygen atoms in total. The molecule has 3 rings (SSSR count). The van der Waals surface area contributed by atoms with Gasteiger partial charge in [0.1, 0.15) is 34.8 Å². The van der Waals surface area contributed by atoms with Crippen molar-refractivity contribution in [3.63, 3.8) is 0 Å². The summed E-state index contributed by atoms with van der Waals surface area (Å²) in [5.41, 5.74) is 5.67. The Morgan fingerprint density at radius 1 is 1.33 bits per heavy atom. The molecule has 1 aliphatic heterocycles. The van der Waals surface area contributed by atoms with Gasteiger partial charge >= 0.3 is 0 Å². The summed E-state index contributed by atoms with van der Waals surface area (Å²) in [6.45, 7) is 3.17. The second-order valence-electron chi connectivity index (χ2n) is 9.07. The van der Waals surface area contributed by atoms with E-state index in [1.54, 1.807) is 10.3 Å². The molecule has 0 radical (unpaired) electrons. The predicted molar refractivity (Wildman–Crippen MR) is 119 cm³/mol. The number of carbonyl (C=O) groups is 2. The summed E-state index contributed by atoms with van der Waals surface area (Å²) >= 11 is 1.28. The summed E-state index contributed by atoms with van der Waals surface area (Å²) in [6.07, 6.45) is -4.32. The molecule has 2 heterocycles. The molecular weight excluding hydrogens is 452 g/mol. The number of hydrogen-bond acceptors (Lipinski definition) is 10. The third-order valence-electron chi connectivity index (χ3n) is 6.34. The molecule has 1 aromatic heterocycles. The highest BCUT2D eigenvalue weighted by Crippen LogP contribution is 2.59. The second-order valence-corrected chi connectivity index (χ2v) is 10.0. The number of aliphatic hydroxyl groups is 4. The molecule has 9 N–H and O–H groups in total. The van der Waals surface area contributed by atoms with Crippen molar-refractivity contribution in [2.24, 2.45) is 11.1 Å². The lowest BCUT2D eigenvalue weighted by atomic mass is 10.0. The summed E-state index contributed by atoms with van der Waals surface area (Å²) in [7, 11) is 0. The van der Waals surface area contributed by atoms with E-state index in [1.807, 2.05) is 6.92 Å². The number of amides is 2. The zero-order valence-corrected chi connectivity index (χ0v) is 19.4. The first kappa shape index (κ1) is 25.5. The number of nitrogens with zero attached hydrogens (tertiary/aromatic N) is 2. The summed E-state index contributed by atoms with van der Waals surface area (Å²) < 4.78 is 0. The Balaban J connectivity index is 1.52. The summed E-state index contributed by atoms with van der Waals surface area (Å²) in [4.78, 5) is 31.5. The van der Waals surface area contributed by atoms with Crippen LogP contribution < -0.4 is 16.4 Å². The van der Waals surface area contributed by atoms with Crippen LogP contribution in [0.3, 0.4) is 0 Å². The number of nitrogen functional groups attached to an aromatic ring is 1. The van der Waals surface area contributed by atoms with Crippen molar-refractivity contribution in [1.82, 2.24) is 20.5 Å². The van der Waals surface area contributed by atoms with Gasteiger partial charge in [0.15, 0.2) is 0 Å². The van der Waals surface area contributed by atoms with Crippen LogP contribution in [0, 0.1) is 10.8 Å². The standard InChI is InChI=1S/C20H32N6O6S/c1-9(27)16(30)17(31)12(28)5-23-7-15(29)26-11(3-20(2)4-13(20)26)19(32)24-6-14-25-10(8-33-14)18(21)22/h8-9,11-13,16-17,23,27-28,30-31H,3-7H2,1-2H3,(H3,21,22)(H,24,32)/t9-,11-,12-,13-,16-,17-,20+/m0/s1. The molecule has 1 saturated carbocycles. The number of thiazole rings is 1. The highest BCUT2D eigenvalue weighted by Gasteiger charge is 2.64. The van der Waals surface area contributed by atoms with Crippen molar-refractivity contribution in [3.05, 3.63) is 16.1 Å². The normalized spacial score (nSPS) is 27.4. The van der Waals surface area contributed by atoms with Crippen molar-refractivity contribution in [3.8, 4) is 0 Å². The van der Waals surface area contributed by atoms with E-state index in [1.165, 1.54) is 18.3 Å². The minimum absolute atomic E-state index is 0.0284. The van der Waals surface area contributed by atoms with Crippen molar-refractivity contribution in [2.75, 3.05) is 13.1 Å². The monoisotopic (exact) mass is 484 g/mol. The first-order chi connectivity index (χ1) is 15.4. The van der Waals surface area contributed by atoms with E-state index < -0.39 is 30.5 Å². The van der Waals surface area contributed by atoms with Gasteiger partial charge in [0.25, 0.3) is 0 Å². The number of amidine groups is 1. The Morgan fingerprint density at radius 3 is 2.64 bits per heavy atom. The Labute approximate surface area is 195 Å². The van der Waals surface area contributed by atoms with E-state index >= 15 is 0 Å². The molecule has 1 saturated heterocycles. The van der Waals surface area contributed by atoms with E-state index in [2.05, 4.69) is 15.6 Å². The van der Waals surface area contributed by atoms with Gasteiger partial charge in [-0.3, -0.25) is 15.0 Å². The maximum Gasteiger partial charge on any atom is 0.243 e. The Kier molecular flexibility index (Phi) is 7.71. The number of fused-ring (bicyclic) bond motifs is 1. The van der Waals surface area contributed by atoms with E-state index in [0.717, 1.165) is 6.42 Å². The summed E-state index contributed by atoms with van der Waals surface area (Å²) in [6, 6.07) is -0.651. The fourth-order valence-electron chi connectivity index (χ4n) is 4.21. The predicted octanol–water partition coefficient (Wildman–Crippen LogP) is -2.52. The Morgan fingerprint density at radius 2 is 2.03 bits per heavy atom. The molecule has 13 heteroatoms. The van der Waals surface area contributed by atoms with Crippen molar-refractivity contribution >= 4 is 29.0 Å². The van der Waals surface area contributed by atoms with Gasteiger partial charge in [-0.1, -0.05) is 6.92 Å². The smallest absolute Gasteiger partial charge is 0.243 e. The van der Waals surface area contributed by atoms with Crippen LogP contribution in [0.25, 0.3) is 0 Å². The third kappa shape index (κ3) is 5.67. The lowest BCUT2D eigenvalue weighted by Crippen LogP contribution is -2.52. The second kappa shape index (κ2) is 9.99. The first-order valence-electron chi connectivity index (χ1n) is 10.7. The van der Waals surface area contributed by atoms with Crippen molar-refractivity contribution in [2.45, 2.75) is 69.7 Å². The van der Waals surface area contributed by atoms with Crippen LogP contribution >= 0.6 is 11.3 Å². The van der Waals surface area contributed by atoms with Gasteiger partial charge in [-0.05, 0) is 25.2 Å². The maximum absolute atomic E-state index is 12.9. The van der Waals surface area contributed by atoms with Gasteiger partial charge in [-0.15, -0.1) is 11.3 Å². The van der Waals surface area contributed by atoms with Crippen molar-refractivity contribution in [1.29, 1.82) is 5.41 Å². The van der Waals surface area contributed by atoms with Crippen LogP contribution in [0.4, 0.5) is 0 Å². The minimum Gasteiger partial charge on any atom is -0.391 e. The number of aliphatic hydroxyl groups excluding tert-OH is 4. The Bertz CT molecular complexity index is 896. The lowest BCUT2D eigenvalue weighted by molar-refractivity contribution is -0.139. The molecule has 7 atom stereocenters. The van der Waals surface area contributed by atoms with Crippen LogP contribution in [0.5, 0.6) is 0 Å². The molecule has 33 heavy (non-hydrogen) atoms. The summed E-state index contributed by atoms with van der Waals surface area (Å²) in [5, 5.41) is 54.0. The number of likely N-dealkylation sites (tertiary alicyclic amines) is 1. The average molecular weight is 485 g/mol. The van der Waals surface area contributed by atoms with Gasteiger partial charge in [0, 0.05) is 18.0 Å². The maximum atomic E-state index is 12.9. The van der Waals surface area contributed by atoms with Crippen molar-refractivity contribution < 1.29 is 30.0 Å². The molecule has 0 unspecified atom stereocenters. The fourth-order valence-corrected chi connectivity index (χ4v) is 4.94. The number of rotatable bonds is 11. The number of hydrogen-bond donors (Lipinski definition) is 8. The zero-order chi connectivity index (χ0) is 24.5.